The van der Waals surface area contributed by atoms with Gasteiger partial charge in [0.15, 0.2) is 0 Å². The van der Waals surface area contributed by atoms with Crippen LogP contribution in [-0.2, 0) is 10.2 Å². The highest BCUT2D eigenvalue weighted by Gasteiger charge is 2.22. The van der Waals surface area contributed by atoms with Crippen LogP contribution in [0, 0.1) is 13.8 Å². The minimum absolute atomic E-state index is 0.163. The molecule has 2 aromatic heterocycles. The van der Waals surface area contributed by atoms with Gasteiger partial charge in [0.2, 0.25) is 11.8 Å². The van der Waals surface area contributed by atoms with Crippen molar-refractivity contribution < 1.29 is 9.21 Å². The van der Waals surface area contributed by atoms with Crippen LogP contribution in [0.4, 0.5) is 5.82 Å². The quantitative estimate of drug-likeness (QED) is 0.671. The van der Waals surface area contributed by atoms with Crippen molar-refractivity contribution in [1.29, 1.82) is 0 Å². The van der Waals surface area contributed by atoms with E-state index in [1.807, 2.05) is 65.0 Å². The first-order chi connectivity index (χ1) is 12.7. The molecule has 1 N–H and O–H groups in total. The first-order valence-electron chi connectivity index (χ1n) is 8.63. The molecule has 3 aromatic rings. The summed E-state index contributed by atoms with van der Waals surface area (Å²) in [6.45, 7) is 9.91. The van der Waals surface area contributed by atoms with Crippen LogP contribution in [0.1, 0.15) is 37.9 Å². The molecule has 0 radical (unpaired) electrons. The number of rotatable bonds is 5. The van der Waals surface area contributed by atoms with E-state index in [0.717, 1.165) is 11.4 Å². The van der Waals surface area contributed by atoms with Gasteiger partial charge in [0.05, 0.1) is 17.1 Å². The molecule has 142 valence electrons. The molecule has 0 saturated heterocycles. The molecule has 0 bridgehead atoms. The summed E-state index contributed by atoms with van der Waals surface area (Å²) in [5.41, 5.74) is 2.67. The third-order valence-corrected chi connectivity index (χ3v) is 4.57. The average Bonchev–Trinajstić information content (AvgIpc) is 3.20. The number of carbonyl (C=O) groups is 1. The topological polar surface area (TPSA) is 85.8 Å². The zero-order chi connectivity index (χ0) is 19.6. The SMILES string of the molecule is Cc1ccc(-n2nc(C)cc2NC(=O)CSc2nnc(C(C)(C)C)o2)cc1. The molecule has 0 fully saturated rings. The molecule has 27 heavy (non-hydrogen) atoms. The van der Waals surface area contributed by atoms with Gasteiger partial charge in [0.25, 0.3) is 5.22 Å². The van der Waals surface area contributed by atoms with Crippen LogP contribution in [0.15, 0.2) is 40.0 Å². The Labute approximate surface area is 162 Å². The van der Waals surface area contributed by atoms with Crippen molar-refractivity contribution in [3.63, 3.8) is 0 Å². The minimum atomic E-state index is -0.216. The summed E-state index contributed by atoms with van der Waals surface area (Å²) in [5, 5.41) is 15.8. The molecule has 7 nitrogen and oxygen atoms in total. The third kappa shape index (κ3) is 4.77. The average molecular weight is 385 g/mol. The second-order valence-corrected chi connectivity index (χ2v) is 8.30. The Bertz CT molecular complexity index is 938. The van der Waals surface area contributed by atoms with Crippen molar-refractivity contribution in [3.8, 4) is 5.69 Å². The van der Waals surface area contributed by atoms with Crippen LogP contribution >= 0.6 is 11.8 Å². The molecule has 0 spiro atoms. The Morgan fingerprint density at radius 1 is 1.19 bits per heavy atom. The number of hydrogen-bond acceptors (Lipinski definition) is 6. The van der Waals surface area contributed by atoms with Gasteiger partial charge in [-0.1, -0.05) is 50.2 Å². The van der Waals surface area contributed by atoms with E-state index in [2.05, 4.69) is 20.6 Å². The van der Waals surface area contributed by atoms with Crippen LogP contribution in [0.25, 0.3) is 5.69 Å². The smallest absolute Gasteiger partial charge is 0.277 e. The zero-order valence-electron chi connectivity index (χ0n) is 16.1. The van der Waals surface area contributed by atoms with Gasteiger partial charge in [-0.3, -0.25) is 4.79 Å². The summed E-state index contributed by atoms with van der Waals surface area (Å²) >= 11 is 1.21. The predicted molar refractivity (Wildman–Crippen MR) is 105 cm³/mol. The molecule has 8 heteroatoms. The Morgan fingerprint density at radius 3 is 2.52 bits per heavy atom. The molecule has 0 aliphatic rings. The molecule has 3 rings (SSSR count). The number of aryl methyl sites for hydroxylation is 2. The Balaban J connectivity index is 1.66. The van der Waals surface area contributed by atoms with Gasteiger partial charge in [-0.05, 0) is 26.0 Å². The van der Waals surface area contributed by atoms with Crippen molar-refractivity contribution in [2.45, 2.75) is 45.3 Å². The van der Waals surface area contributed by atoms with E-state index in [9.17, 15) is 4.79 Å². The molecule has 0 aliphatic heterocycles. The van der Waals surface area contributed by atoms with Gasteiger partial charge >= 0.3 is 0 Å². The van der Waals surface area contributed by atoms with Crippen LogP contribution in [-0.4, -0.2) is 31.6 Å². The maximum atomic E-state index is 12.4. The summed E-state index contributed by atoms with van der Waals surface area (Å²) in [7, 11) is 0. The van der Waals surface area contributed by atoms with Gasteiger partial charge in [-0.15, -0.1) is 10.2 Å². The van der Waals surface area contributed by atoms with Gasteiger partial charge in [0, 0.05) is 11.5 Å². The summed E-state index contributed by atoms with van der Waals surface area (Å²) in [4.78, 5) is 12.4. The van der Waals surface area contributed by atoms with E-state index in [0.29, 0.717) is 16.9 Å². The molecule has 0 unspecified atom stereocenters. The second-order valence-electron chi connectivity index (χ2n) is 7.38. The molecule has 0 atom stereocenters. The van der Waals surface area contributed by atoms with Crippen molar-refractivity contribution in [1.82, 2.24) is 20.0 Å². The Hall–Kier alpha value is -2.61. The van der Waals surface area contributed by atoms with Crippen LogP contribution in [0.2, 0.25) is 0 Å². The third-order valence-electron chi connectivity index (χ3n) is 3.75. The number of benzene rings is 1. The maximum absolute atomic E-state index is 12.4. The Morgan fingerprint density at radius 2 is 1.89 bits per heavy atom. The van der Waals surface area contributed by atoms with Crippen molar-refractivity contribution >= 4 is 23.5 Å². The lowest BCUT2D eigenvalue weighted by molar-refractivity contribution is -0.113. The predicted octanol–water partition coefficient (Wildman–Crippen LogP) is 3.90. The van der Waals surface area contributed by atoms with Crippen molar-refractivity contribution in [2.75, 3.05) is 11.1 Å². The molecule has 2 heterocycles. The van der Waals surface area contributed by atoms with Crippen molar-refractivity contribution in [2.24, 2.45) is 0 Å². The molecular weight excluding hydrogens is 362 g/mol. The van der Waals surface area contributed by atoms with Crippen LogP contribution in [0.5, 0.6) is 0 Å². The highest BCUT2D eigenvalue weighted by Crippen LogP contribution is 2.25. The lowest BCUT2D eigenvalue weighted by Gasteiger charge is -2.10. The van der Waals surface area contributed by atoms with Gasteiger partial charge in [-0.25, -0.2) is 4.68 Å². The lowest BCUT2D eigenvalue weighted by Crippen LogP contribution is -2.17. The largest absolute Gasteiger partial charge is 0.415 e. The zero-order valence-corrected chi connectivity index (χ0v) is 16.9. The van der Waals surface area contributed by atoms with E-state index in [4.69, 9.17) is 4.42 Å². The molecule has 1 amide bonds. The highest BCUT2D eigenvalue weighted by atomic mass is 32.2. The number of anilines is 1. The van der Waals surface area contributed by atoms with E-state index >= 15 is 0 Å². The summed E-state index contributed by atoms with van der Waals surface area (Å²) in [6, 6.07) is 9.80. The van der Waals surface area contributed by atoms with E-state index < -0.39 is 0 Å². The van der Waals surface area contributed by atoms with Gasteiger partial charge in [-0.2, -0.15) is 5.10 Å². The molecule has 0 aliphatic carbocycles. The lowest BCUT2D eigenvalue weighted by atomic mass is 9.97. The first kappa shape index (κ1) is 19.2. The minimum Gasteiger partial charge on any atom is -0.415 e. The fraction of sp³-hybridized carbons (Fsp3) is 0.368. The fourth-order valence-electron chi connectivity index (χ4n) is 2.35. The number of thioether (sulfide) groups is 1. The van der Waals surface area contributed by atoms with Crippen LogP contribution in [0.3, 0.4) is 0 Å². The molecule has 0 saturated carbocycles. The first-order valence-corrected chi connectivity index (χ1v) is 9.61. The van der Waals surface area contributed by atoms with Gasteiger partial charge in [0.1, 0.15) is 5.82 Å². The van der Waals surface area contributed by atoms with Gasteiger partial charge < -0.3 is 9.73 Å². The standard InChI is InChI=1S/C19H23N5O2S/c1-12-6-8-14(9-7-12)24-15(10-13(2)23-24)20-16(25)11-27-18-22-21-17(26-18)19(3,4)5/h6-10H,11H2,1-5H3,(H,20,25). The number of amides is 1. The van der Waals surface area contributed by atoms with E-state index in [-0.39, 0.29) is 17.1 Å². The summed E-state index contributed by atoms with van der Waals surface area (Å²) < 4.78 is 7.32. The number of hydrogen-bond donors (Lipinski definition) is 1. The molecule has 1 aromatic carbocycles. The summed E-state index contributed by atoms with van der Waals surface area (Å²) in [6.07, 6.45) is 0. The maximum Gasteiger partial charge on any atom is 0.277 e. The monoisotopic (exact) mass is 385 g/mol. The highest BCUT2D eigenvalue weighted by molar-refractivity contribution is 7.99. The number of carbonyl (C=O) groups excluding carboxylic acids is 1. The molecular formula is C19H23N5O2S. The number of nitrogens with zero attached hydrogens (tertiary/aromatic N) is 4. The fourth-order valence-corrected chi connectivity index (χ4v) is 2.91. The number of nitrogens with one attached hydrogen (secondary N) is 1. The number of aromatic nitrogens is 4. The normalized spacial score (nSPS) is 11.6. The van der Waals surface area contributed by atoms with E-state index in [1.54, 1.807) is 4.68 Å². The van der Waals surface area contributed by atoms with E-state index in [1.165, 1.54) is 17.3 Å². The van der Waals surface area contributed by atoms with Crippen LogP contribution < -0.4 is 5.32 Å². The Kier molecular flexibility index (Phi) is 5.36. The second kappa shape index (κ2) is 7.56. The summed E-state index contributed by atoms with van der Waals surface area (Å²) in [5.74, 6) is 1.19. The van der Waals surface area contributed by atoms with Crippen molar-refractivity contribution in [3.05, 3.63) is 47.5 Å².